The van der Waals surface area contributed by atoms with Gasteiger partial charge in [0.25, 0.3) is 0 Å². The summed E-state index contributed by atoms with van der Waals surface area (Å²) in [6.45, 7) is 1.44. The second-order valence-electron chi connectivity index (χ2n) is 2.48. The first-order valence-corrected chi connectivity index (χ1v) is 5.00. The van der Waals surface area contributed by atoms with Crippen molar-refractivity contribution in [1.82, 2.24) is 0 Å². The number of aromatic hydroxyl groups is 1. The monoisotopic (exact) mass is 232 g/mol. The van der Waals surface area contributed by atoms with E-state index in [2.05, 4.69) is 5.32 Å². The standard InChI is InChI=1S/C8H9NO2.HO3P/c1-6(10)9-7-2-4-8(11)5-3-7;1-4(2)3/h2-5,11H,1H3,(H,9,10);(H-,1,2,3)/p+1. The highest BCUT2D eigenvalue weighted by atomic mass is 31.1. The van der Waals surface area contributed by atoms with Gasteiger partial charge in [0.1, 0.15) is 5.75 Å². The zero-order chi connectivity index (χ0) is 11.8. The van der Waals surface area contributed by atoms with Crippen LogP contribution in [0.4, 0.5) is 5.69 Å². The van der Waals surface area contributed by atoms with Crippen molar-refractivity contribution in [3.63, 3.8) is 0 Å². The Bertz CT molecular complexity index is 333. The molecule has 0 fully saturated rings. The molecule has 0 aromatic heterocycles. The molecule has 0 heterocycles. The van der Waals surface area contributed by atoms with E-state index in [0.717, 1.165) is 0 Å². The molecule has 15 heavy (non-hydrogen) atoms. The molecule has 7 heteroatoms. The fraction of sp³-hybridized carbons (Fsp3) is 0.125. The minimum Gasteiger partial charge on any atom is -0.508 e. The zero-order valence-corrected chi connectivity index (χ0v) is 8.81. The number of hydrogen-bond donors (Lipinski definition) is 4. The molecule has 0 aliphatic rings. The Hall–Kier alpha value is -1.49. The predicted octanol–water partition coefficient (Wildman–Crippen LogP) is 0.979. The van der Waals surface area contributed by atoms with Gasteiger partial charge in [-0.2, -0.15) is 0 Å². The minimum atomic E-state index is -2.87. The summed E-state index contributed by atoms with van der Waals surface area (Å²) in [5.74, 6) is 0.0785. The van der Waals surface area contributed by atoms with Gasteiger partial charge in [0, 0.05) is 17.2 Å². The minimum absolute atomic E-state index is 0.115. The normalized spacial score (nSPS) is 8.47. The Morgan fingerprint density at radius 2 is 1.67 bits per heavy atom. The van der Waals surface area contributed by atoms with Gasteiger partial charge in [-0.3, -0.25) is 4.79 Å². The van der Waals surface area contributed by atoms with Gasteiger partial charge in [0.05, 0.1) is 0 Å². The van der Waals surface area contributed by atoms with Gasteiger partial charge >= 0.3 is 8.25 Å². The van der Waals surface area contributed by atoms with Crippen molar-refractivity contribution in [3.8, 4) is 5.75 Å². The molecule has 1 aromatic carbocycles. The van der Waals surface area contributed by atoms with Crippen LogP contribution in [0, 0.1) is 0 Å². The van der Waals surface area contributed by atoms with E-state index in [9.17, 15) is 4.79 Å². The Morgan fingerprint density at radius 1 is 1.27 bits per heavy atom. The molecular formula is C8H11NO5P+. The average molecular weight is 232 g/mol. The molecule has 1 aromatic rings. The summed E-state index contributed by atoms with van der Waals surface area (Å²) in [6, 6.07) is 6.31. The number of hydrogen-bond acceptors (Lipinski definition) is 3. The Labute approximate surface area is 87.1 Å². The summed E-state index contributed by atoms with van der Waals surface area (Å²) >= 11 is 0. The number of amides is 1. The molecule has 0 atom stereocenters. The number of benzene rings is 1. The van der Waals surface area contributed by atoms with Gasteiger partial charge in [0.15, 0.2) is 0 Å². The van der Waals surface area contributed by atoms with Crippen LogP contribution >= 0.6 is 8.25 Å². The molecule has 0 spiro atoms. The van der Waals surface area contributed by atoms with Gasteiger partial charge in [-0.15, -0.1) is 9.79 Å². The first-order valence-electron chi connectivity index (χ1n) is 3.83. The van der Waals surface area contributed by atoms with Crippen molar-refractivity contribution in [3.05, 3.63) is 24.3 Å². The van der Waals surface area contributed by atoms with Crippen LogP contribution in [-0.2, 0) is 9.36 Å². The van der Waals surface area contributed by atoms with Crippen molar-refractivity contribution in [2.75, 3.05) is 5.32 Å². The number of carbonyl (C=O) groups is 1. The van der Waals surface area contributed by atoms with Crippen molar-refractivity contribution >= 4 is 19.8 Å². The third-order valence-corrected chi connectivity index (χ3v) is 1.19. The van der Waals surface area contributed by atoms with Crippen LogP contribution in [0.25, 0.3) is 0 Å². The summed E-state index contributed by atoms with van der Waals surface area (Å²) < 4.78 is 8.70. The average Bonchev–Trinajstić information content (AvgIpc) is 2.07. The van der Waals surface area contributed by atoms with Gasteiger partial charge < -0.3 is 10.4 Å². The summed E-state index contributed by atoms with van der Waals surface area (Å²) in [7, 11) is -2.87. The number of anilines is 1. The molecular weight excluding hydrogens is 221 g/mol. The van der Waals surface area contributed by atoms with Crippen molar-refractivity contribution < 1.29 is 24.3 Å². The maximum Gasteiger partial charge on any atom is 0.692 e. The highest BCUT2D eigenvalue weighted by Crippen LogP contribution is 2.13. The second kappa shape index (κ2) is 6.89. The van der Waals surface area contributed by atoms with Crippen LogP contribution in [0.3, 0.4) is 0 Å². The molecule has 1 rings (SSSR count). The van der Waals surface area contributed by atoms with Crippen LogP contribution in [0.15, 0.2) is 24.3 Å². The number of rotatable bonds is 1. The molecule has 0 radical (unpaired) electrons. The van der Waals surface area contributed by atoms with Crippen LogP contribution in [0.2, 0.25) is 0 Å². The molecule has 0 aliphatic heterocycles. The van der Waals surface area contributed by atoms with Gasteiger partial charge in [-0.05, 0) is 24.3 Å². The molecule has 82 valence electrons. The van der Waals surface area contributed by atoms with E-state index in [-0.39, 0.29) is 11.7 Å². The lowest BCUT2D eigenvalue weighted by molar-refractivity contribution is -0.114. The predicted molar refractivity (Wildman–Crippen MR) is 54.5 cm³/mol. The fourth-order valence-corrected chi connectivity index (χ4v) is 0.748. The molecule has 0 unspecified atom stereocenters. The molecule has 0 bridgehead atoms. The molecule has 1 amide bonds. The van der Waals surface area contributed by atoms with Crippen LogP contribution in [0.5, 0.6) is 5.75 Å². The largest absolute Gasteiger partial charge is 0.692 e. The lowest BCUT2D eigenvalue weighted by Gasteiger charge is -1.99. The summed E-state index contributed by atoms with van der Waals surface area (Å²) in [5.41, 5.74) is 0.690. The van der Waals surface area contributed by atoms with E-state index >= 15 is 0 Å². The Morgan fingerprint density at radius 3 is 2.00 bits per heavy atom. The highest BCUT2D eigenvalue weighted by Gasteiger charge is 1.93. The van der Waals surface area contributed by atoms with E-state index in [1.165, 1.54) is 19.1 Å². The van der Waals surface area contributed by atoms with E-state index in [1.54, 1.807) is 12.1 Å². The fourth-order valence-electron chi connectivity index (χ4n) is 0.748. The Kier molecular flexibility index (Phi) is 6.21. The van der Waals surface area contributed by atoms with Crippen LogP contribution in [0.1, 0.15) is 6.92 Å². The van der Waals surface area contributed by atoms with Crippen molar-refractivity contribution in [2.45, 2.75) is 6.92 Å². The third-order valence-electron chi connectivity index (χ3n) is 1.19. The molecule has 0 saturated carbocycles. The van der Waals surface area contributed by atoms with Crippen molar-refractivity contribution in [1.29, 1.82) is 0 Å². The van der Waals surface area contributed by atoms with Gasteiger partial charge in [0.2, 0.25) is 5.91 Å². The van der Waals surface area contributed by atoms with Crippen LogP contribution in [-0.4, -0.2) is 20.8 Å². The highest BCUT2D eigenvalue weighted by molar-refractivity contribution is 7.30. The van der Waals surface area contributed by atoms with E-state index in [0.29, 0.717) is 5.69 Å². The summed E-state index contributed by atoms with van der Waals surface area (Å²) in [5, 5.41) is 11.5. The molecule has 0 aliphatic carbocycles. The third kappa shape index (κ3) is 8.83. The Balaban J connectivity index is 0.000000423. The van der Waals surface area contributed by atoms with E-state index in [4.69, 9.17) is 19.5 Å². The number of phenolic OH excluding ortho intramolecular Hbond substituents is 1. The summed E-state index contributed by atoms with van der Waals surface area (Å²) in [6.07, 6.45) is 0. The number of carbonyl (C=O) groups excluding carboxylic acids is 1. The summed E-state index contributed by atoms with van der Waals surface area (Å²) in [4.78, 5) is 24.8. The quantitative estimate of drug-likeness (QED) is 0.426. The van der Waals surface area contributed by atoms with Gasteiger partial charge in [-0.1, -0.05) is 0 Å². The van der Waals surface area contributed by atoms with E-state index < -0.39 is 8.25 Å². The molecule has 4 N–H and O–H groups in total. The first kappa shape index (κ1) is 13.5. The SMILES string of the molecule is CC(=O)Nc1ccc(O)cc1.O=[P+](O)O. The first-order chi connectivity index (χ1) is 6.91. The number of nitrogens with one attached hydrogen (secondary N) is 1. The molecule has 0 saturated heterocycles. The van der Waals surface area contributed by atoms with Gasteiger partial charge in [-0.25, -0.2) is 0 Å². The molecule has 6 nitrogen and oxygen atoms in total. The van der Waals surface area contributed by atoms with Crippen molar-refractivity contribution in [2.24, 2.45) is 0 Å². The second-order valence-corrected chi connectivity index (χ2v) is 2.99. The maximum atomic E-state index is 10.5. The lowest BCUT2D eigenvalue weighted by Crippen LogP contribution is -2.04. The lowest BCUT2D eigenvalue weighted by atomic mass is 10.3. The van der Waals surface area contributed by atoms with E-state index in [1.807, 2.05) is 0 Å². The zero-order valence-electron chi connectivity index (χ0n) is 7.91. The topological polar surface area (TPSA) is 107 Å². The number of phenols is 1. The smallest absolute Gasteiger partial charge is 0.508 e. The van der Waals surface area contributed by atoms with Crippen LogP contribution < -0.4 is 5.32 Å². The maximum absolute atomic E-state index is 10.5.